The fraction of sp³-hybridized carbons (Fsp3) is 0.318. The molecule has 4 rings (SSSR count). The molecule has 1 aromatic heterocycles. The van der Waals surface area contributed by atoms with Crippen LogP contribution in [0.1, 0.15) is 30.9 Å². The molecule has 4 nitrogen and oxygen atoms in total. The third kappa shape index (κ3) is 4.03. The first-order valence-electron chi connectivity index (χ1n) is 9.51. The Kier molecular flexibility index (Phi) is 4.94. The van der Waals surface area contributed by atoms with E-state index in [9.17, 15) is 9.18 Å². The summed E-state index contributed by atoms with van der Waals surface area (Å²) in [5.41, 5.74) is 3.84. The van der Waals surface area contributed by atoms with Crippen LogP contribution in [-0.2, 0) is 13.0 Å². The number of halogens is 1. The topological polar surface area (TPSA) is 56.9 Å². The molecule has 0 radical (unpaired) electrons. The fourth-order valence-corrected chi connectivity index (χ4v) is 3.61. The summed E-state index contributed by atoms with van der Waals surface area (Å²) in [4.78, 5) is 15.0. The van der Waals surface area contributed by atoms with E-state index >= 15 is 0 Å². The molecule has 1 fully saturated rings. The van der Waals surface area contributed by atoms with Crippen molar-refractivity contribution in [2.45, 2.75) is 44.8 Å². The van der Waals surface area contributed by atoms with E-state index < -0.39 is 0 Å². The van der Waals surface area contributed by atoms with Crippen LogP contribution in [0, 0.1) is 5.82 Å². The normalized spacial score (nSPS) is 19.0. The van der Waals surface area contributed by atoms with Crippen LogP contribution >= 0.6 is 0 Å². The smallest absolute Gasteiger partial charge is 0.251 e. The lowest BCUT2D eigenvalue weighted by Crippen LogP contribution is -2.47. The number of H-pyrrole nitrogens is 1. The maximum atomic E-state index is 12.9. The summed E-state index contributed by atoms with van der Waals surface area (Å²) in [6.45, 7) is 2.77. The number of nitrogens with one attached hydrogen (secondary N) is 3. The van der Waals surface area contributed by atoms with Gasteiger partial charge >= 0.3 is 0 Å². The Morgan fingerprint density at radius 1 is 1.07 bits per heavy atom. The Morgan fingerprint density at radius 3 is 2.59 bits per heavy atom. The van der Waals surface area contributed by atoms with Gasteiger partial charge in [-0.05, 0) is 66.6 Å². The number of rotatable bonds is 6. The predicted octanol–water partition coefficient (Wildman–Crippen LogP) is 3.96. The minimum atomic E-state index is -0.212. The molecule has 2 aromatic carbocycles. The van der Waals surface area contributed by atoms with Gasteiger partial charge in [0.15, 0.2) is 0 Å². The molecule has 0 saturated heterocycles. The SMILES string of the molecule is CCc1cc2ccc(CNC3CC(Nc4ccc(F)cc4)C3)cc2[nH]c1=O. The minimum Gasteiger partial charge on any atom is -0.382 e. The lowest BCUT2D eigenvalue weighted by molar-refractivity contribution is 0.307. The van der Waals surface area contributed by atoms with Crippen LogP contribution in [0.4, 0.5) is 10.1 Å². The maximum Gasteiger partial charge on any atom is 0.251 e. The number of aromatic nitrogens is 1. The van der Waals surface area contributed by atoms with Crippen LogP contribution in [0.2, 0.25) is 0 Å². The Balaban J connectivity index is 1.31. The van der Waals surface area contributed by atoms with E-state index in [-0.39, 0.29) is 11.4 Å². The van der Waals surface area contributed by atoms with Crippen LogP contribution in [-0.4, -0.2) is 17.1 Å². The summed E-state index contributed by atoms with van der Waals surface area (Å²) in [6.07, 6.45) is 2.83. The molecule has 0 amide bonds. The Bertz CT molecular complexity index is 991. The van der Waals surface area contributed by atoms with Crippen molar-refractivity contribution in [2.75, 3.05) is 5.32 Å². The molecule has 0 unspecified atom stereocenters. The number of aryl methyl sites for hydroxylation is 1. The molecule has 1 aliphatic rings. The first kappa shape index (κ1) is 17.7. The molecule has 0 spiro atoms. The van der Waals surface area contributed by atoms with Gasteiger partial charge in [-0.25, -0.2) is 4.39 Å². The molecule has 5 heteroatoms. The van der Waals surface area contributed by atoms with E-state index in [0.717, 1.165) is 53.5 Å². The molecule has 0 aliphatic heterocycles. The van der Waals surface area contributed by atoms with E-state index in [1.807, 2.05) is 13.0 Å². The zero-order valence-corrected chi connectivity index (χ0v) is 15.4. The summed E-state index contributed by atoms with van der Waals surface area (Å²) in [5.74, 6) is -0.212. The number of hydrogen-bond donors (Lipinski definition) is 3. The quantitative estimate of drug-likeness (QED) is 0.620. The standard InChI is InChI=1S/C22H24FN3O/c1-2-15-10-16-4-3-14(9-21(16)26-22(15)27)13-24-19-11-20(12-19)25-18-7-5-17(23)6-8-18/h3-10,19-20,24-25H,2,11-13H2,1H3,(H,26,27). The molecule has 3 N–H and O–H groups in total. The summed E-state index contributed by atoms with van der Waals surface area (Å²) >= 11 is 0. The van der Waals surface area contributed by atoms with Crippen molar-refractivity contribution in [1.82, 2.24) is 10.3 Å². The highest BCUT2D eigenvalue weighted by molar-refractivity contribution is 5.79. The molecule has 3 aromatic rings. The second-order valence-corrected chi connectivity index (χ2v) is 7.30. The minimum absolute atomic E-state index is 0.00353. The van der Waals surface area contributed by atoms with Gasteiger partial charge in [0.25, 0.3) is 5.56 Å². The summed E-state index contributed by atoms with van der Waals surface area (Å²) in [6, 6.07) is 15.6. The largest absolute Gasteiger partial charge is 0.382 e. The molecular formula is C22H24FN3O. The fourth-order valence-electron chi connectivity index (χ4n) is 3.61. The van der Waals surface area contributed by atoms with Gasteiger partial charge in [0.1, 0.15) is 5.82 Å². The molecular weight excluding hydrogens is 341 g/mol. The van der Waals surface area contributed by atoms with E-state index in [0.29, 0.717) is 12.1 Å². The van der Waals surface area contributed by atoms with Crippen LogP contribution in [0.15, 0.2) is 53.3 Å². The van der Waals surface area contributed by atoms with Crippen molar-refractivity contribution in [3.05, 3.63) is 75.8 Å². The first-order chi connectivity index (χ1) is 13.1. The van der Waals surface area contributed by atoms with E-state index in [2.05, 4.69) is 33.8 Å². The van der Waals surface area contributed by atoms with Crippen LogP contribution < -0.4 is 16.2 Å². The van der Waals surface area contributed by atoms with E-state index in [4.69, 9.17) is 0 Å². The lowest BCUT2D eigenvalue weighted by atomic mass is 9.86. The van der Waals surface area contributed by atoms with Gasteiger partial charge < -0.3 is 15.6 Å². The second kappa shape index (κ2) is 7.53. The first-order valence-corrected chi connectivity index (χ1v) is 9.51. The third-order valence-electron chi connectivity index (χ3n) is 5.32. The van der Waals surface area contributed by atoms with Gasteiger partial charge in [0.2, 0.25) is 0 Å². The highest BCUT2D eigenvalue weighted by atomic mass is 19.1. The number of hydrogen-bond acceptors (Lipinski definition) is 3. The van der Waals surface area contributed by atoms with Gasteiger partial charge in [-0.2, -0.15) is 0 Å². The predicted molar refractivity (Wildman–Crippen MR) is 108 cm³/mol. The number of fused-ring (bicyclic) bond motifs is 1. The molecule has 1 heterocycles. The van der Waals surface area contributed by atoms with Crippen molar-refractivity contribution in [1.29, 1.82) is 0 Å². The van der Waals surface area contributed by atoms with Crippen molar-refractivity contribution in [2.24, 2.45) is 0 Å². The molecule has 27 heavy (non-hydrogen) atoms. The Morgan fingerprint density at radius 2 is 1.85 bits per heavy atom. The van der Waals surface area contributed by atoms with Crippen LogP contribution in [0.3, 0.4) is 0 Å². The zero-order chi connectivity index (χ0) is 18.8. The van der Waals surface area contributed by atoms with Gasteiger partial charge in [-0.1, -0.05) is 19.1 Å². The number of pyridine rings is 1. The number of benzene rings is 2. The van der Waals surface area contributed by atoms with Crippen LogP contribution in [0.25, 0.3) is 10.9 Å². The molecule has 140 valence electrons. The molecule has 1 saturated carbocycles. The number of aromatic amines is 1. The highest BCUT2D eigenvalue weighted by Gasteiger charge is 2.28. The summed E-state index contributed by atoms with van der Waals surface area (Å²) < 4.78 is 12.9. The van der Waals surface area contributed by atoms with Gasteiger partial charge in [-0.3, -0.25) is 4.79 Å². The maximum absolute atomic E-state index is 12.9. The van der Waals surface area contributed by atoms with E-state index in [1.54, 1.807) is 12.1 Å². The van der Waals surface area contributed by atoms with Crippen molar-refractivity contribution in [3.8, 4) is 0 Å². The van der Waals surface area contributed by atoms with Crippen molar-refractivity contribution >= 4 is 16.6 Å². The molecule has 1 aliphatic carbocycles. The average Bonchev–Trinajstić information content (AvgIpc) is 2.64. The van der Waals surface area contributed by atoms with Gasteiger partial charge in [-0.15, -0.1) is 0 Å². The lowest BCUT2D eigenvalue weighted by Gasteiger charge is -2.37. The van der Waals surface area contributed by atoms with Gasteiger partial charge in [0.05, 0.1) is 0 Å². The van der Waals surface area contributed by atoms with Gasteiger partial charge in [0, 0.05) is 35.4 Å². The zero-order valence-electron chi connectivity index (χ0n) is 15.4. The molecule has 0 atom stereocenters. The Hall–Kier alpha value is -2.66. The molecule has 0 bridgehead atoms. The van der Waals surface area contributed by atoms with Crippen LogP contribution in [0.5, 0.6) is 0 Å². The monoisotopic (exact) mass is 365 g/mol. The second-order valence-electron chi connectivity index (χ2n) is 7.30. The van der Waals surface area contributed by atoms with Crippen molar-refractivity contribution < 1.29 is 4.39 Å². The average molecular weight is 365 g/mol. The van der Waals surface area contributed by atoms with E-state index in [1.165, 1.54) is 12.1 Å². The Labute approximate surface area is 157 Å². The summed E-state index contributed by atoms with van der Waals surface area (Å²) in [7, 11) is 0. The van der Waals surface area contributed by atoms with Crippen molar-refractivity contribution in [3.63, 3.8) is 0 Å². The third-order valence-corrected chi connectivity index (χ3v) is 5.32. The number of anilines is 1. The highest BCUT2D eigenvalue weighted by Crippen LogP contribution is 2.25. The summed E-state index contributed by atoms with van der Waals surface area (Å²) in [5, 5.41) is 8.07.